The molecule has 21 heavy (non-hydrogen) atoms. The quantitative estimate of drug-likeness (QED) is 0.522. The van der Waals surface area contributed by atoms with Crippen molar-refractivity contribution in [1.82, 2.24) is 25.4 Å². The first kappa shape index (κ1) is 11.6. The summed E-state index contributed by atoms with van der Waals surface area (Å²) in [4.78, 5) is 19.5. The summed E-state index contributed by atoms with van der Waals surface area (Å²) < 4.78 is 0. The first-order chi connectivity index (χ1) is 10.3. The van der Waals surface area contributed by atoms with Crippen LogP contribution in [0.4, 0.5) is 5.69 Å². The van der Waals surface area contributed by atoms with Crippen LogP contribution in [0.2, 0.25) is 0 Å². The van der Waals surface area contributed by atoms with E-state index in [2.05, 4.69) is 30.7 Å². The standard InChI is InChI=1S/C14H10N6O/c21-14(8-4-5-9-12(6-8)16-7-15-9)17-10-2-1-3-11-13(10)19-20-18-11/h1-7H,(H,15,16)(H,17,21)(H,18,19,20). The zero-order chi connectivity index (χ0) is 14.2. The number of carbonyl (C=O) groups is 1. The highest BCUT2D eigenvalue weighted by Crippen LogP contribution is 2.20. The normalized spacial score (nSPS) is 11.0. The van der Waals surface area contributed by atoms with Gasteiger partial charge in [-0.2, -0.15) is 15.4 Å². The largest absolute Gasteiger partial charge is 0.345 e. The fraction of sp³-hybridized carbons (Fsp3) is 0. The average molecular weight is 278 g/mol. The molecule has 1 amide bonds. The Morgan fingerprint density at radius 1 is 1.10 bits per heavy atom. The van der Waals surface area contributed by atoms with Crippen LogP contribution in [0.15, 0.2) is 42.7 Å². The summed E-state index contributed by atoms with van der Waals surface area (Å²) in [6, 6.07) is 10.7. The maximum absolute atomic E-state index is 12.3. The fourth-order valence-electron chi connectivity index (χ4n) is 2.24. The molecule has 3 N–H and O–H groups in total. The molecule has 0 aliphatic heterocycles. The lowest BCUT2D eigenvalue weighted by Crippen LogP contribution is -2.12. The van der Waals surface area contributed by atoms with E-state index < -0.39 is 0 Å². The molecule has 7 heteroatoms. The second kappa shape index (κ2) is 4.41. The number of nitrogens with one attached hydrogen (secondary N) is 3. The van der Waals surface area contributed by atoms with Crippen molar-refractivity contribution in [3.63, 3.8) is 0 Å². The molecule has 2 heterocycles. The minimum Gasteiger partial charge on any atom is -0.345 e. The van der Waals surface area contributed by atoms with E-state index in [9.17, 15) is 4.79 Å². The highest BCUT2D eigenvalue weighted by atomic mass is 16.1. The summed E-state index contributed by atoms with van der Waals surface area (Å²) in [5, 5.41) is 13.4. The molecule has 0 saturated carbocycles. The topological polar surface area (TPSA) is 99.3 Å². The molecule has 4 aromatic rings. The number of nitrogens with zero attached hydrogens (tertiary/aromatic N) is 3. The lowest BCUT2D eigenvalue weighted by Gasteiger charge is -2.05. The number of amides is 1. The van der Waals surface area contributed by atoms with Crippen molar-refractivity contribution in [2.24, 2.45) is 0 Å². The third-order valence-electron chi connectivity index (χ3n) is 3.28. The predicted octanol–water partition coefficient (Wildman–Crippen LogP) is 2.09. The van der Waals surface area contributed by atoms with Gasteiger partial charge >= 0.3 is 0 Å². The van der Waals surface area contributed by atoms with Crippen LogP contribution in [0.25, 0.3) is 22.1 Å². The number of fused-ring (bicyclic) bond motifs is 2. The van der Waals surface area contributed by atoms with Crippen molar-refractivity contribution >= 4 is 33.7 Å². The van der Waals surface area contributed by atoms with Gasteiger partial charge in [-0.05, 0) is 30.3 Å². The SMILES string of the molecule is O=C(Nc1cccc2n[nH]nc12)c1ccc2nc[nH]c2c1. The first-order valence-corrected chi connectivity index (χ1v) is 6.35. The Kier molecular flexibility index (Phi) is 2.43. The number of para-hydroxylation sites is 1. The second-order valence-electron chi connectivity index (χ2n) is 4.59. The van der Waals surface area contributed by atoms with Crippen LogP contribution in [0.1, 0.15) is 10.4 Å². The molecule has 0 spiro atoms. The van der Waals surface area contributed by atoms with E-state index in [0.717, 1.165) is 11.0 Å². The molecule has 4 rings (SSSR count). The number of benzene rings is 2. The Balaban J connectivity index is 1.70. The van der Waals surface area contributed by atoms with Crippen molar-refractivity contribution < 1.29 is 4.79 Å². The zero-order valence-corrected chi connectivity index (χ0v) is 10.8. The van der Waals surface area contributed by atoms with Gasteiger partial charge in [-0.25, -0.2) is 4.98 Å². The summed E-state index contributed by atoms with van der Waals surface area (Å²) in [6.45, 7) is 0. The van der Waals surface area contributed by atoms with Gasteiger partial charge in [-0.15, -0.1) is 0 Å². The smallest absolute Gasteiger partial charge is 0.255 e. The minimum absolute atomic E-state index is 0.206. The summed E-state index contributed by atoms with van der Waals surface area (Å²) in [5.74, 6) is -0.206. The minimum atomic E-state index is -0.206. The van der Waals surface area contributed by atoms with Gasteiger partial charge in [0.2, 0.25) is 0 Å². The van der Waals surface area contributed by atoms with Crippen LogP contribution >= 0.6 is 0 Å². The number of aromatic nitrogens is 5. The van der Waals surface area contributed by atoms with Crippen LogP contribution < -0.4 is 5.32 Å². The van der Waals surface area contributed by atoms with Gasteiger partial charge in [0.05, 0.1) is 23.0 Å². The molecule has 102 valence electrons. The first-order valence-electron chi connectivity index (χ1n) is 6.35. The summed E-state index contributed by atoms with van der Waals surface area (Å²) in [5.41, 5.74) is 4.15. The predicted molar refractivity (Wildman–Crippen MR) is 77.9 cm³/mol. The van der Waals surface area contributed by atoms with Crippen molar-refractivity contribution in [2.45, 2.75) is 0 Å². The molecule has 0 unspecified atom stereocenters. The van der Waals surface area contributed by atoms with Crippen LogP contribution in [-0.4, -0.2) is 31.3 Å². The highest BCUT2D eigenvalue weighted by molar-refractivity contribution is 6.09. The van der Waals surface area contributed by atoms with E-state index in [-0.39, 0.29) is 5.91 Å². The maximum Gasteiger partial charge on any atom is 0.255 e. The Bertz CT molecular complexity index is 954. The van der Waals surface area contributed by atoms with Crippen molar-refractivity contribution in [3.05, 3.63) is 48.3 Å². The van der Waals surface area contributed by atoms with E-state index in [0.29, 0.717) is 22.3 Å². The number of carbonyl (C=O) groups excluding carboxylic acids is 1. The lowest BCUT2D eigenvalue weighted by molar-refractivity contribution is 0.102. The van der Waals surface area contributed by atoms with Gasteiger partial charge in [0.1, 0.15) is 11.0 Å². The molecular formula is C14H10N6O. The molecule has 0 fully saturated rings. The van der Waals surface area contributed by atoms with Crippen LogP contribution in [-0.2, 0) is 0 Å². The van der Waals surface area contributed by atoms with E-state index in [1.807, 2.05) is 12.1 Å². The number of hydrogen-bond acceptors (Lipinski definition) is 4. The molecule has 0 atom stereocenters. The van der Waals surface area contributed by atoms with Crippen molar-refractivity contribution in [1.29, 1.82) is 0 Å². The number of H-pyrrole nitrogens is 2. The Labute approximate surface area is 118 Å². The number of hydrogen-bond donors (Lipinski definition) is 3. The highest BCUT2D eigenvalue weighted by Gasteiger charge is 2.11. The van der Waals surface area contributed by atoms with E-state index >= 15 is 0 Å². The molecule has 2 aromatic carbocycles. The second-order valence-corrected chi connectivity index (χ2v) is 4.59. The van der Waals surface area contributed by atoms with E-state index in [4.69, 9.17) is 0 Å². The molecule has 0 bridgehead atoms. The fourth-order valence-corrected chi connectivity index (χ4v) is 2.24. The average Bonchev–Trinajstić information content (AvgIpc) is 3.15. The molecule has 0 aliphatic rings. The number of anilines is 1. The third-order valence-corrected chi connectivity index (χ3v) is 3.28. The molecule has 0 aliphatic carbocycles. The Hall–Kier alpha value is -3.22. The van der Waals surface area contributed by atoms with Gasteiger partial charge < -0.3 is 10.3 Å². The Morgan fingerprint density at radius 2 is 2.05 bits per heavy atom. The van der Waals surface area contributed by atoms with Crippen LogP contribution in [0.3, 0.4) is 0 Å². The maximum atomic E-state index is 12.3. The van der Waals surface area contributed by atoms with Gasteiger partial charge in [0.25, 0.3) is 5.91 Å². The summed E-state index contributed by atoms with van der Waals surface area (Å²) >= 11 is 0. The van der Waals surface area contributed by atoms with E-state index in [1.54, 1.807) is 30.6 Å². The summed E-state index contributed by atoms with van der Waals surface area (Å²) in [7, 11) is 0. The van der Waals surface area contributed by atoms with Gasteiger partial charge in [0, 0.05) is 5.56 Å². The lowest BCUT2D eigenvalue weighted by atomic mass is 10.2. The van der Waals surface area contributed by atoms with Crippen LogP contribution in [0.5, 0.6) is 0 Å². The number of aromatic amines is 2. The molecule has 2 aromatic heterocycles. The number of rotatable bonds is 2. The van der Waals surface area contributed by atoms with Gasteiger partial charge in [0.15, 0.2) is 0 Å². The molecule has 0 radical (unpaired) electrons. The monoisotopic (exact) mass is 278 g/mol. The molecule has 7 nitrogen and oxygen atoms in total. The molecule has 0 saturated heterocycles. The third kappa shape index (κ3) is 1.91. The van der Waals surface area contributed by atoms with Crippen molar-refractivity contribution in [3.8, 4) is 0 Å². The Morgan fingerprint density at radius 3 is 3.00 bits per heavy atom. The van der Waals surface area contributed by atoms with E-state index in [1.165, 1.54) is 0 Å². The number of imidazole rings is 1. The summed E-state index contributed by atoms with van der Waals surface area (Å²) in [6.07, 6.45) is 1.60. The molecular weight excluding hydrogens is 268 g/mol. The van der Waals surface area contributed by atoms with Gasteiger partial charge in [-0.3, -0.25) is 4.79 Å². The zero-order valence-electron chi connectivity index (χ0n) is 10.8. The van der Waals surface area contributed by atoms with Crippen molar-refractivity contribution in [2.75, 3.05) is 5.32 Å². The van der Waals surface area contributed by atoms with Gasteiger partial charge in [-0.1, -0.05) is 6.07 Å². The van der Waals surface area contributed by atoms with Crippen LogP contribution in [0, 0.1) is 0 Å².